The summed E-state index contributed by atoms with van der Waals surface area (Å²) in [6.45, 7) is 1.80. The zero-order valence-electron chi connectivity index (χ0n) is 13.2. The van der Waals surface area contributed by atoms with E-state index < -0.39 is 18.1 Å². The van der Waals surface area contributed by atoms with Gasteiger partial charge >= 0.3 is 12.1 Å². The molecule has 4 nitrogen and oxygen atoms in total. The summed E-state index contributed by atoms with van der Waals surface area (Å²) in [6, 6.07) is 13.1. The summed E-state index contributed by atoms with van der Waals surface area (Å²) in [7, 11) is 0. The molecule has 1 aliphatic heterocycles. The van der Waals surface area contributed by atoms with E-state index in [9.17, 15) is 18.0 Å². The van der Waals surface area contributed by atoms with E-state index in [0.29, 0.717) is 11.3 Å². The topological polar surface area (TPSA) is 64.3 Å². The molecule has 1 unspecified atom stereocenters. The summed E-state index contributed by atoms with van der Waals surface area (Å²) < 4.78 is 43.5. The van der Waals surface area contributed by atoms with Gasteiger partial charge in [-0.3, -0.25) is 4.79 Å². The largest absolute Gasteiger partial charge is 0.471 e. The fourth-order valence-electron chi connectivity index (χ4n) is 2.64. The molecule has 0 aliphatic carbocycles. The highest BCUT2D eigenvalue weighted by atomic mass is 19.4. The number of ether oxygens (including phenoxy) is 1. The molecular formula is C18H15F3N2O2. The number of alkyl halides is 3. The third kappa shape index (κ3) is 3.23. The van der Waals surface area contributed by atoms with Crippen LogP contribution in [0.3, 0.4) is 0 Å². The number of nitrogens with one attached hydrogen (secondary N) is 1. The first-order valence-electron chi connectivity index (χ1n) is 7.49. The highest BCUT2D eigenvalue weighted by molar-refractivity contribution is 5.96. The molecule has 0 saturated carbocycles. The number of nitrogens with two attached hydrogens (primary N) is 1. The van der Waals surface area contributed by atoms with E-state index in [-0.39, 0.29) is 11.4 Å². The van der Waals surface area contributed by atoms with Crippen LogP contribution in [0.1, 0.15) is 24.1 Å². The van der Waals surface area contributed by atoms with Crippen molar-refractivity contribution >= 4 is 17.4 Å². The monoisotopic (exact) mass is 348 g/mol. The van der Waals surface area contributed by atoms with Gasteiger partial charge in [0.25, 0.3) is 0 Å². The predicted molar refractivity (Wildman–Crippen MR) is 87.7 cm³/mol. The molecular weight excluding hydrogens is 333 g/mol. The Hall–Kier alpha value is -2.80. The summed E-state index contributed by atoms with van der Waals surface area (Å²) in [4.78, 5) is 11.3. The molecule has 2 aromatic carbocycles. The Bertz CT molecular complexity index is 845. The Morgan fingerprint density at radius 1 is 1.12 bits per heavy atom. The van der Waals surface area contributed by atoms with Gasteiger partial charge in [0.1, 0.15) is 5.76 Å². The number of amides is 1. The van der Waals surface area contributed by atoms with Crippen LogP contribution in [0.2, 0.25) is 0 Å². The molecule has 1 heterocycles. The Labute approximate surface area is 142 Å². The van der Waals surface area contributed by atoms with Crippen LogP contribution >= 0.6 is 0 Å². The molecule has 130 valence electrons. The highest BCUT2D eigenvalue weighted by Crippen LogP contribution is 2.43. The second kappa shape index (κ2) is 6.25. The average Bonchev–Trinajstić information content (AvgIpc) is 2.58. The maximum absolute atomic E-state index is 12.6. The standard InChI is InChI=1S/C18H15F3N2O2/c1-10-14(22)12-8-5-9-13(23-17(24)18(19,20)21)16(12)25-15(10)11-6-3-2-4-7-11/h2-9,14H,22H2,1H3,(H,23,24). The van der Waals surface area contributed by atoms with Gasteiger partial charge in [-0.2, -0.15) is 13.2 Å². The van der Waals surface area contributed by atoms with Crippen LogP contribution in [-0.4, -0.2) is 12.1 Å². The first-order chi connectivity index (χ1) is 11.8. The summed E-state index contributed by atoms with van der Waals surface area (Å²) in [6.07, 6.45) is -4.99. The number of para-hydroxylation sites is 1. The van der Waals surface area contributed by atoms with Crippen LogP contribution < -0.4 is 15.8 Å². The Morgan fingerprint density at radius 2 is 1.80 bits per heavy atom. The van der Waals surface area contributed by atoms with Gasteiger partial charge in [0.2, 0.25) is 0 Å². The summed E-state index contributed by atoms with van der Waals surface area (Å²) >= 11 is 0. The molecule has 2 aromatic rings. The van der Waals surface area contributed by atoms with E-state index in [1.54, 1.807) is 13.0 Å². The quantitative estimate of drug-likeness (QED) is 0.862. The van der Waals surface area contributed by atoms with E-state index in [4.69, 9.17) is 10.5 Å². The van der Waals surface area contributed by atoms with E-state index >= 15 is 0 Å². The van der Waals surface area contributed by atoms with Crippen molar-refractivity contribution in [3.63, 3.8) is 0 Å². The second-order valence-corrected chi connectivity index (χ2v) is 5.63. The number of halogens is 3. The predicted octanol–water partition coefficient (Wildman–Crippen LogP) is 4.01. The second-order valence-electron chi connectivity index (χ2n) is 5.63. The zero-order chi connectivity index (χ0) is 18.2. The van der Waals surface area contributed by atoms with Crippen molar-refractivity contribution in [1.82, 2.24) is 0 Å². The van der Waals surface area contributed by atoms with E-state index in [1.165, 1.54) is 12.1 Å². The van der Waals surface area contributed by atoms with Crippen molar-refractivity contribution in [2.75, 3.05) is 5.32 Å². The van der Waals surface area contributed by atoms with Gasteiger partial charge in [0, 0.05) is 11.1 Å². The maximum Gasteiger partial charge on any atom is 0.471 e. The van der Waals surface area contributed by atoms with Gasteiger partial charge in [-0.15, -0.1) is 0 Å². The van der Waals surface area contributed by atoms with Crippen molar-refractivity contribution < 1.29 is 22.7 Å². The number of hydrogen-bond acceptors (Lipinski definition) is 3. The van der Waals surface area contributed by atoms with Crippen LogP contribution in [0, 0.1) is 0 Å². The number of rotatable bonds is 2. The minimum Gasteiger partial charge on any atom is -0.454 e. The molecule has 0 bridgehead atoms. The highest BCUT2D eigenvalue weighted by Gasteiger charge is 2.39. The fourth-order valence-corrected chi connectivity index (χ4v) is 2.64. The molecule has 1 amide bonds. The molecule has 3 N–H and O–H groups in total. The fraction of sp³-hybridized carbons (Fsp3) is 0.167. The van der Waals surface area contributed by atoms with Crippen molar-refractivity contribution in [3.05, 3.63) is 65.2 Å². The van der Waals surface area contributed by atoms with Crippen LogP contribution in [0.5, 0.6) is 5.75 Å². The van der Waals surface area contributed by atoms with Crippen LogP contribution in [0.15, 0.2) is 54.1 Å². The minimum atomic E-state index is -4.99. The van der Waals surface area contributed by atoms with Gasteiger partial charge in [-0.05, 0) is 18.6 Å². The molecule has 7 heteroatoms. The number of carbonyl (C=O) groups is 1. The molecule has 0 saturated heterocycles. The third-order valence-electron chi connectivity index (χ3n) is 3.95. The van der Waals surface area contributed by atoms with E-state index in [1.807, 2.05) is 35.6 Å². The van der Waals surface area contributed by atoms with E-state index in [0.717, 1.165) is 11.1 Å². The SMILES string of the molecule is CC1=C(c2ccccc2)Oc2c(NC(=O)C(F)(F)F)cccc2C1N. The molecule has 0 fully saturated rings. The molecule has 3 rings (SSSR count). The lowest BCUT2D eigenvalue weighted by Gasteiger charge is -2.28. The van der Waals surface area contributed by atoms with Gasteiger partial charge in [0.05, 0.1) is 11.7 Å². The Morgan fingerprint density at radius 3 is 2.44 bits per heavy atom. The van der Waals surface area contributed by atoms with Crippen molar-refractivity contribution in [2.24, 2.45) is 5.73 Å². The summed E-state index contributed by atoms with van der Waals surface area (Å²) in [5.41, 5.74) is 8.16. The van der Waals surface area contributed by atoms with Crippen molar-refractivity contribution in [2.45, 2.75) is 19.1 Å². The van der Waals surface area contributed by atoms with Crippen LogP contribution in [0.25, 0.3) is 5.76 Å². The Balaban J connectivity index is 2.03. The van der Waals surface area contributed by atoms with Crippen LogP contribution in [-0.2, 0) is 4.79 Å². The molecule has 0 aromatic heterocycles. The van der Waals surface area contributed by atoms with Crippen LogP contribution in [0.4, 0.5) is 18.9 Å². The number of hydrogen-bond donors (Lipinski definition) is 2. The van der Waals surface area contributed by atoms with Gasteiger partial charge in [0.15, 0.2) is 5.75 Å². The molecule has 0 spiro atoms. The smallest absolute Gasteiger partial charge is 0.454 e. The van der Waals surface area contributed by atoms with Crippen molar-refractivity contribution in [1.29, 1.82) is 0 Å². The Kier molecular flexibility index (Phi) is 4.26. The van der Waals surface area contributed by atoms with Crippen molar-refractivity contribution in [3.8, 4) is 5.75 Å². The van der Waals surface area contributed by atoms with Gasteiger partial charge in [-0.25, -0.2) is 0 Å². The third-order valence-corrected chi connectivity index (χ3v) is 3.95. The molecule has 25 heavy (non-hydrogen) atoms. The van der Waals surface area contributed by atoms with E-state index in [2.05, 4.69) is 0 Å². The number of anilines is 1. The summed E-state index contributed by atoms with van der Waals surface area (Å²) in [5.74, 6) is -1.48. The van der Waals surface area contributed by atoms with Gasteiger partial charge in [-0.1, -0.05) is 42.5 Å². The maximum atomic E-state index is 12.6. The normalized spacial score (nSPS) is 16.9. The molecule has 0 radical (unpaired) electrons. The minimum absolute atomic E-state index is 0.0730. The number of benzene rings is 2. The lowest BCUT2D eigenvalue weighted by atomic mass is 9.93. The first kappa shape index (κ1) is 17.0. The molecule has 1 atom stereocenters. The molecule has 1 aliphatic rings. The number of carbonyl (C=O) groups excluding carboxylic acids is 1. The zero-order valence-corrected chi connectivity index (χ0v) is 13.2. The van der Waals surface area contributed by atoms with Gasteiger partial charge < -0.3 is 15.8 Å². The average molecular weight is 348 g/mol. The lowest BCUT2D eigenvalue weighted by molar-refractivity contribution is -0.167. The first-order valence-corrected chi connectivity index (χ1v) is 7.49. The lowest BCUT2D eigenvalue weighted by Crippen LogP contribution is -2.30. The number of fused-ring (bicyclic) bond motifs is 1. The summed E-state index contributed by atoms with van der Waals surface area (Å²) in [5, 5.41) is 1.85.